The predicted molar refractivity (Wildman–Crippen MR) is 93.1 cm³/mol. The van der Waals surface area contributed by atoms with E-state index < -0.39 is 5.97 Å². The van der Waals surface area contributed by atoms with Crippen LogP contribution in [0.3, 0.4) is 0 Å². The van der Waals surface area contributed by atoms with E-state index in [1.165, 1.54) is 13.5 Å². The number of fused-ring (bicyclic) bond motifs is 1. The molecule has 1 aromatic heterocycles. The molecule has 128 valence electrons. The Labute approximate surface area is 141 Å². The van der Waals surface area contributed by atoms with Crippen molar-refractivity contribution < 1.29 is 14.3 Å². The van der Waals surface area contributed by atoms with Crippen LogP contribution in [0.25, 0.3) is 10.9 Å². The molecule has 0 unspecified atom stereocenters. The van der Waals surface area contributed by atoms with Crippen molar-refractivity contribution in [3.8, 4) is 0 Å². The van der Waals surface area contributed by atoms with Gasteiger partial charge in [0.15, 0.2) is 0 Å². The molecule has 2 aromatic rings. The minimum Gasteiger partial charge on any atom is -0.464 e. The predicted octanol–water partition coefficient (Wildman–Crippen LogP) is 2.62. The molecule has 1 amide bonds. The lowest BCUT2D eigenvalue weighted by Crippen LogP contribution is -2.39. The SMILES string of the molecule is COC(=O)c1[nH]c2ccccc2c1NC(=O)CN1CCC[C@@H](C)C1. The number of hydrogen-bond acceptors (Lipinski definition) is 4. The summed E-state index contributed by atoms with van der Waals surface area (Å²) in [5, 5.41) is 3.70. The molecule has 6 heteroatoms. The Balaban J connectivity index is 1.80. The van der Waals surface area contributed by atoms with Crippen LogP contribution in [0.2, 0.25) is 0 Å². The van der Waals surface area contributed by atoms with E-state index in [1.54, 1.807) is 0 Å². The number of esters is 1. The fraction of sp³-hybridized carbons (Fsp3) is 0.444. The molecule has 0 aliphatic carbocycles. The molecule has 0 radical (unpaired) electrons. The number of methoxy groups -OCH3 is 1. The molecule has 1 aliphatic rings. The van der Waals surface area contributed by atoms with Crippen LogP contribution in [0.5, 0.6) is 0 Å². The number of anilines is 1. The summed E-state index contributed by atoms with van der Waals surface area (Å²) in [5.41, 5.74) is 1.56. The number of piperidine rings is 1. The zero-order valence-electron chi connectivity index (χ0n) is 14.1. The number of nitrogens with one attached hydrogen (secondary N) is 2. The lowest BCUT2D eigenvalue weighted by Gasteiger charge is -2.30. The highest BCUT2D eigenvalue weighted by Crippen LogP contribution is 2.28. The molecular formula is C18H23N3O3. The maximum Gasteiger partial charge on any atom is 0.356 e. The minimum atomic E-state index is -0.493. The average Bonchev–Trinajstić information content (AvgIpc) is 2.93. The highest BCUT2D eigenvalue weighted by Gasteiger charge is 2.22. The second-order valence-electron chi connectivity index (χ2n) is 6.44. The van der Waals surface area contributed by atoms with Crippen LogP contribution in [-0.2, 0) is 9.53 Å². The fourth-order valence-corrected chi connectivity index (χ4v) is 3.34. The van der Waals surface area contributed by atoms with Crippen LogP contribution in [0.4, 0.5) is 5.69 Å². The van der Waals surface area contributed by atoms with Crippen molar-refractivity contribution >= 4 is 28.5 Å². The smallest absolute Gasteiger partial charge is 0.356 e. The molecule has 1 atom stereocenters. The van der Waals surface area contributed by atoms with Gasteiger partial charge in [-0.05, 0) is 31.4 Å². The second-order valence-corrected chi connectivity index (χ2v) is 6.44. The van der Waals surface area contributed by atoms with Gasteiger partial charge in [0.25, 0.3) is 0 Å². The number of rotatable bonds is 4. The number of H-pyrrole nitrogens is 1. The van der Waals surface area contributed by atoms with Gasteiger partial charge in [0.1, 0.15) is 5.69 Å². The lowest BCUT2D eigenvalue weighted by molar-refractivity contribution is -0.117. The minimum absolute atomic E-state index is 0.112. The largest absolute Gasteiger partial charge is 0.464 e. The van der Waals surface area contributed by atoms with Gasteiger partial charge >= 0.3 is 5.97 Å². The van der Waals surface area contributed by atoms with Crippen molar-refractivity contribution in [2.24, 2.45) is 5.92 Å². The molecule has 2 heterocycles. The van der Waals surface area contributed by atoms with E-state index in [4.69, 9.17) is 4.74 Å². The number of carbonyl (C=O) groups is 2. The van der Waals surface area contributed by atoms with Gasteiger partial charge in [-0.3, -0.25) is 9.69 Å². The highest BCUT2D eigenvalue weighted by molar-refractivity contribution is 6.11. The summed E-state index contributed by atoms with van der Waals surface area (Å²) in [7, 11) is 1.33. The van der Waals surface area contributed by atoms with E-state index in [9.17, 15) is 9.59 Å². The summed E-state index contributed by atoms with van der Waals surface area (Å²) < 4.78 is 4.82. The van der Waals surface area contributed by atoms with Crippen LogP contribution >= 0.6 is 0 Å². The van der Waals surface area contributed by atoms with Crippen molar-refractivity contribution in [3.05, 3.63) is 30.0 Å². The zero-order chi connectivity index (χ0) is 17.1. The maximum absolute atomic E-state index is 12.5. The number of amides is 1. The third-order valence-corrected chi connectivity index (χ3v) is 4.47. The van der Waals surface area contributed by atoms with Crippen molar-refractivity contribution in [1.82, 2.24) is 9.88 Å². The number of aromatic nitrogens is 1. The second kappa shape index (κ2) is 7.05. The van der Waals surface area contributed by atoms with Gasteiger partial charge in [-0.1, -0.05) is 25.1 Å². The molecule has 1 aromatic carbocycles. The number of ether oxygens (including phenoxy) is 1. The van der Waals surface area contributed by atoms with E-state index >= 15 is 0 Å². The Hall–Kier alpha value is -2.34. The maximum atomic E-state index is 12.5. The molecule has 1 fully saturated rings. The summed E-state index contributed by atoms with van der Waals surface area (Å²) in [6, 6.07) is 7.49. The van der Waals surface area contributed by atoms with Crippen molar-refractivity contribution in [2.75, 3.05) is 32.1 Å². The van der Waals surface area contributed by atoms with Gasteiger partial charge in [-0.25, -0.2) is 4.79 Å². The highest BCUT2D eigenvalue weighted by atomic mass is 16.5. The van der Waals surface area contributed by atoms with Crippen molar-refractivity contribution in [1.29, 1.82) is 0 Å². The van der Waals surface area contributed by atoms with Gasteiger partial charge in [-0.15, -0.1) is 0 Å². The Bertz CT molecular complexity index is 753. The number of aromatic amines is 1. The fourth-order valence-electron chi connectivity index (χ4n) is 3.34. The van der Waals surface area contributed by atoms with Crippen LogP contribution in [0.15, 0.2) is 24.3 Å². The summed E-state index contributed by atoms with van der Waals surface area (Å²) in [6.07, 6.45) is 2.34. The van der Waals surface area contributed by atoms with Crippen LogP contribution in [-0.4, -0.2) is 48.5 Å². The molecule has 24 heavy (non-hydrogen) atoms. The Morgan fingerprint density at radius 2 is 2.17 bits per heavy atom. The van der Waals surface area contributed by atoms with Crippen LogP contribution < -0.4 is 5.32 Å². The molecule has 6 nitrogen and oxygen atoms in total. The van der Waals surface area contributed by atoms with E-state index in [-0.39, 0.29) is 11.6 Å². The summed E-state index contributed by atoms with van der Waals surface area (Å²) in [6.45, 7) is 4.42. The first-order chi connectivity index (χ1) is 11.6. The first-order valence-corrected chi connectivity index (χ1v) is 8.29. The summed E-state index contributed by atoms with van der Waals surface area (Å²) in [5.74, 6) is 0.0115. The first-order valence-electron chi connectivity index (χ1n) is 8.29. The van der Waals surface area contributed by atoms with E-state index in [0.717, 1.165) is 30.4 Å². The molecule has 0 spiro atoms. The average molecular weight is 329 g/mol. The zero-order valence-corrected chi connectivity index (χ0v) is 14.1. The topological polar surface area (TPSA) is 74.4 Å². The van der Waals surface area contributed by atoms with E-state index in [2.05, 4.69) is 22.1 Å². The molecule has 2 N–H and O–H groups in total. The Morgan fingerprint density at radius 3 is 2.92 bits per heavy atom. The van der Waals surface area contributed by atoms with E-state index in [0.29, 0.717) is 18.2 Å². The van der Waals surface area contributed by atoms with Gasteiger partial charge in [0, 0.05) is 17.4 Å². The van der Waals surface area contributed by atoms with Crippen molar-refractivity contribution in [3.63, 3.8) is 0 Å². The summed E-state index contributed by atoms with van der Waals surface area (Å²) in [4.78, 5) is 29.7. The first kappa shape index (κ1) is 16.5. The normalized spacial score (nSPS) is 18.5. The number of hydrogen-bond donors (Lipinski definition) is 2. The number of benzene rings is 1. The van der Waals surface area contributed by atoms with Crippen LogP contribution in [0, 0.1) is 5.92 Å². The number of carbonyl (C=O) groups excluding carboxylic acids is 2. The standard InChI is InChI=1S/C18H23N3O3/c1-12-6-5-9-21(10-12)11-15(22)20-16-13-7-3-4-8-14(13)19-17(16)18(23)24-2/h3-4,7-8,12,19H,5-6,9-11H2,1-2H3,(H,20,22)/t12-/m1/s1. The van der Waals surface area contributed by atoms with Gasteiger partial charge in [-0.2, -0.15) is 0 Å². The summed E-state index contributed by atoms with van der Waals surface area (Å²) >= 11 is 0. The number of likely N-dealkylation sites (tertiary alicyclic amines) is 1. The third kappa shape index (κ3) is 3.43. The van der Waals surface area contributed by atoms with Crippen LogP contribution in [0.1, 0.15) is 30.3 Å². The third-order valence-electron chi connectivity index (χ3n) is 4.47. The Morgan fingerprint density at radius 1 is 1.38 bits per heavy atom. The lowest BCUT2D eigenvalue weighted by atomic mass is 10.0. The van der Waals surface area contributed by atoms with Gasteiger partial charge in [0.2, 0.25) is 5.91 Å². The number of para-hydroxylation sites is 1. The molecule has 1 saturated heterocycles. The monoisotopic (exact) mass is 329 g/mol. The number of nitrogens with zero attached hydrogens (tertiary/aromatic N) is 1. The van der Waals surface area contributed by atoms with Gasteiger partial charge in [0.05, 0.1) is 19.3 Å². The van der Waals surface area contributed by atoms with E-state index in [1.807, 2.05) is 24.3 Å². The quantitative estimate of drug-likeness (QED) is 0.846. The molecule has 0 bridgehead atoms. The Kier molecular flexibility index (Phi) is 4.85. The van der Waals surface area contributed by atoms with Gasteiger partial charge < -0.3 is 15.0 Å². The van der Waals surface area contributed by atoms with Crippen molar-refractivity contribution in [2.45, 2.75) is 19.8 Å². The molecule has 1 aliphatic heterocycles. The molecule has 3 rings (SSSR count). The molecule has 0 saturated carbocycles. The molecular weight excluding hydrogens is 306 g/mol.